The smallest absolute Gasteiger partial charge is 0.285 e. The van der Waals surface area contributed by atoms with E-state index in [9.17, 15) is 8.42 Å². The zero-order valence-electron chi connectivity index (χ0n) is 13.7. The first-order chi connectivity index (χ1) is 11.8. The van der Waals surface area contributed by atoms with Crippen LogP contribution in [0.4, 0.5) is 0 Å². The van der Waals surface area contributed by atoms with Gasteiger partial charge in [0.05, 0.1) is 21.7 Å². The molecule has 0 fully saturated rings. The summed E-state index contributed by atoms with van der Waals surface area (Å²) in [5, 5.41) is 0.467. The quantitative estimate of drug-likeness (QED) is 0.637. The van der Waals surface area contributed by atoms with Crippen molar-refractivity contribution in [3.8, 4) is 12.3 Å². The second kappa shape index (κ2) is 6.68. The number of aryl methyl sites for hydroxylation is 2. The molecule has 25 heavy (non-hydrogen) atoms. The number of nitrogens with zero attached hydrogens (tertiary/aromatic N) is 2. The van der Waals surface area contributed by atoms with E-state index in [0.717, 1.165) is 21.3 Å². The highest BCUT2D eigenvalue weighted by Gasteiger charge is 2.15. The van der Waals surface area contributed by atoms with Crippen molar-refractivity contribution < 1.29 is 8.42 Å². The largest absolute Gasteiger partial charge is 0.304 e. The van der Waals surface area contributed by atoms with Crippen LogP contribution in [0.1, 0.15) is 11.1 Å². The molecule has 0 N–H and O–H groups in total. The van der Waals surface area contributed by atoms with E-state index in [1.165, 1.54) is 35.6 Å². The molecule has 3 aromatic rings. The summed E-state index contributed by atoms with van der Waals surface area (Å²) >= 11 is 7.13. The Kier molecular flexibility index (Phi) is 4.74. The van der Waals surface area contributed by atoms with Gasteiger partial charge in [-0.3, -0.25) is 0 Å². The van der Waals surface area contributed by atoms with E-state index in [1.54, 1.807) is 4.57 Å². The van der Waals surface area contributed by atoms with Gasteiger partial charge in [-0.2, -0.15) is 8.42 Å². The highest BCUT2D eigenvalue weighted by molar-refractivity contribution is 7.90. The molecule has 0 spiro atoms. The van der Waals surface area contributed by atoms with Gasteiger partial charge >= 0.3 is 0 Å². The molecule has 0 aliphatic heterocycles. The van der Waals surface area contributed by atoms with Crippen LogP contribution in [0.15, 0.2) is 45.7 Å². The van der Waals surface area contributed by atoms with Crippen molar-refractivity contribution in [2.24, 2.45) is 4.40 Å². The van der Waals surface area contributed by atoms with Gasteiger partial charge in [-0.15, -0.1) is 10.8 Å². The molecule has 0 amide bonds. The number of hydrogen-bond donors (Lipinski definition) is 0. The Morgan fingerprint density at radius 1 is 1.20 bits per heavy atom. The maximum Gasteiger partial charge on any atom is 0.285 e. The molecule has 3 rings (SSSR count). The van der Waals surface area contributed by atoms with E-state index in [4.69, 9.17) is 18.0 Å². The predicted octanol–water partition coefficient (Wildman–Crippen LogP) is 3.90. The number of fused-ring (bicyclic) bond motifs is 1. The Balaban J connectivity index is 2.27. The molecule has 0 saturated heterocycles. The van der Waals surface area contributed by atoms with Gasteiger partial charge in [0.2, 0.25) is 4.80 Å². The second-order valence-corrected chi connectivity index (χ2v) is 8.65. The first kappa shape index (κ1) is 17.7. The summed E-state index contributed by atoms with van der Waals surface area (Å²) in [5.41, 5.74) is 3.13. The topological polar surface area (TPSA) is 51.4 Å². The Labute approximate surface area is 155 Å². The van der Waals surface area contributed by atoms with Crippen LogP contribution < -0.4 is 4.80 Å². The minimum absolute atomic E-state index is 0.0916. The lowest BCUT2D eigenvalue weighted by Crippen LogP contribution is -2.16. The monoisotopic (exact) mass is 390 g/mol. The normalized spacial score (nSPS) is 12.5. The van der Waals surface area contributed by atoms with Crippen LogP contribution in [0.3, 0.4) is 0 Å². The molecule has 0 aliphatic carbocycles. The summed E-state index contributed by atoms with van der Waals surface area (Å²) in [7, 11) is -3.85. The summed E-state index contributed by atoms with van der Waals surface area (Å²) < 4.78 is 31.9. The average Bonchev–Trinajstić information content (AvgIpc) is 2.85. The maximum atomic E-state index is 12.6. The van der Waals surface area contributed by atoms with Crippen molar-refractivity contribution in [2.45, 2.75) is 25.3 Å². The number of benzene rings is 2. The molecular formula is C18H15ClN2O2S2. The van der Waals surface area contributed by atoms with Crippen molar-refractivity contribution in [1.29, 1.82) is 0 Å². The molecule has 1 heterocycles. The van der Waals surface area contributed by atoms with Crippen LogP contribution in [0, 0.1) is 26.2 Å². The van der Waals surface area contributed by atoms with E-state index >= 15 is 0 Å². The number of aromatic nitrogens is 1. The van der Waals surface area contributed by atoms with E-state index in [1.807, 2.05) is 26.0 Å². The first-order valence-corrected chi connectivity index (χ1v) is 10.1. The van der Waals surface area contributed by atoms with Gasteiger partial charge in [0, 0.05) is 5.02 Å². The van der Waals surface area contributed by atoms with Crippen molar-refractivity contribution >= 4 is 43.2 Å². The molecule has 0 saturated carbocycles. The number of sulfonamides is 1. The molecule has 0 unspecified atom stereocenters. The molecular weight excluding hydrogens is 376 g/mol. The summed E-state index contributed by atoms with van der Waals surface area (Å²) in [5.74, 6) is 2.57. The summed E-state index contributed by atoms with van der Waals surface area (Å²) in [6.07, 6.45) is 5.47. The van der Waals surface area contributed by atoms with Crippen molar-refractivity contribution in [3.63, 3.8) is 0 Å². The van der Waals surface area contributed by atoms with Crippen LogP contribution in [0.2, 0.25) is 5.02 Å². The van der Waals surface area contributed by atoms with E-state index < -0.39 is 10.0 Å². The lowest BCUT2D eigenvalue weighted by Gasteiger charge is -2.03. The predicted molar refractivity (Wildman–Crippen MR) is 102 cm³/mol. The zero-order valence-corrected chi connectivity index (χ0v) is 16.0. The Morgan fingerprint density at radius 2 is 1.84 bits per heavy atom. The molecule has 2 aromatic carbocycles. The molecule has 1 aromatic heterocycles. The van der Waals surface area contributed by atoms with Crippen molar-refractivity contribution in [3.05, 3.63) is 57.3 Å². The van der Waals surface area contributed by atoms with Crippen LogP contribution in [0.5, 0.6) is 0 Å². The van der Waals surface area contributed by atoms with Gasteiger partial charge in [-0.1, -0.05) is 28.9 Å². The summed E-state index contributed by atoms with van der Waals surface area (Å²) in [4.78, 5) is 0.446. The number of thiazole rings is 1. The van der Waals surface area contributed by atoms with Crippen molar-refractivity contribution in [2.75, 3.05) is 0 Å². The number of halogens is 1. The Morgan fingerprint density at radius 3 is 2.48 bits per heavy atom. The lowest BCUT2D eigenvalue weighted by molar-refractivity contribution is 0.596. The second-order valence-electron chi connectivity index (χ2n) is 5.60. The van der Waals surface area contributed by atoms with Gasteiger partial charge < -0.3 is 4.57 Å². The Bertz CT molecular complexity index is 1160. The maximum absolute atomic E-state index is 12.6. The highest BCUT2D eigenvalue weighted by atomic mass is 35.5. The molecule has 0 aliphatic rings. The standard InChI is InChI=1S/C18H15ClN2O2S2/c1-4-9-21-16-10-12(2)13(3)11-17(16)24-18(21)20-25(22,23)15-7-5-14(19)6-8-15/h1,5-8,10-11H,9H2,2-3H3. The van der Waals surface area contributed by atoms with Gasteiger partial charge in [0.1, 0.15) is 0 Å². The van der Waals surface area contributed by atoms with E-state index in [-0.39, 0.29) is 11.4 Å². The van der Waals surface area contributed by atoms with Crippen LogP contribution in [0.25, 0.3) is 10.2 Å². The molecule has 0 atom stereocenters. The fraction of sp³-hybridized carbons (Fsp3) is 0.167. The minimum atomic E-state index is -3.85. The molecule has 0 radical (unpaired) electrons. The third kappa shape index (κ3) is 3.49. The number of hydrogen-bond acceptors (Lipinski definition) is 3. The molecule has 4 nitrogen and oxygen atoms in total. The molecule has 128 valence electrons. The van der Waals surface area contributed by atoms with Crippen molar-refractivity contribution in [1.82, 2.24) is 4.57 Å². The fourth-order valence-corrected chi connectivity index (χ4v) is 4.84. The molecule has 0 bridgehead atoms. The first-order valence-electron chi connectivity index (χ1n) is 7.42. The average molecular weight is 391 g/mol. The fourth-order valence-electron chi connectivity index (χ4n) is 2.40. The van der Waals surface area contributed by atoms with Crippen LogP contribution >= 0.6 is 22.9 Å². The SMILES string of the molecule is C#CCn1c(=NS(=O)(=O)c2ccc(Cl)cc2)sc2cc(C)c(C)cc21. The van der Waals surface area contributed by atoms with Gasteiger partial charge in [-0.05, 0) is 61.4 Å². The minimum Gasteiger partial charge on any atom is -0.304 e. The molecule has 7 heteroatoms. The highest BCUT2D eigenvalue weighted by Crippen LogP contribution is 2.23. The van der Waals surface area contributed by atoms with E-state index in [2.05, 4.69) is 10.3 Å². The van der Waals surface area contributed by atoms with Gasteiger partial charge in [0.15, 0.2) is 0 Å². The summed E-state index contributed by atoms with van der Waals surface area (Å²) in [6, 6.07) is 9.96. The lowest BCUT2D eigenvalue weighted by atomic mass is 10.1. The van der Waals surface area contributed by atoms with E-state index in [0.29, 0.717) is 9.82 Å². The van der Waals surface area contributed by atoms with Crippen LogP contribution in [-0.2, 0) is 16.6 Å². The summed E-state index contributed by atoms with van der Waals surface area (Å²) in [6.45, 7) is 4.27. The number of rotatable bonds is 3. The third-order valence-electron chi connectivity index (χ3n) is 3.86. The third-order valence-corrected chi connectivity index (χ3v) is 6.55. The zero-order chi connectivity index (χ0) is 18.2. The van der Waals surface area contributed by atoms with Gasteiger partial charge in [-0.25, -0.2) is 0 Å². The van der Waals surface area contributed by atoms with Crippen LogP contribution in [-0.4, -0.2) is 13.0 Å². The Hall–Kier alpha value is -2.07. The van der Waals surface area contributed by atoms with Gasteiger partial charge in [0.25, 0.3) is 10.0 Å². The number of terminal acetylenes is 1.